The van der Waals surface area contributed by atoms with Crippen molar-refractivity contribution >= 4 is 49.7 Å². The maximum atomic E-state index is 12.9. The Balaban J connectivity index is 1.41. The monoisotopic (exact) mass is 450 g/mol. The van der Waals surface area contributed by atoms with Gasteiger partial charge in [-0.1, -0.05) is 30.3 Å². The molecule has 156 valence electrons. The average Bonchev–Trinajstić information content (AvgIpc) is 3.45. The number of hydrogen-bond acceptors (Lipinski definition) is 6. The van der Waals surface area contributed by atoms with Crippen molar-refractivity contribution in [2.45, 2.75) is 25.8 Å². The number of nitrogens with zero attached hydrogens (tertiary/aromatic N) is 2. The lowest BCUT2D eigenvalue weighted by atomic mass is 10.1. The molecule has 2 amide bonds. The van der Waals surface area contributed by atoms with E-state index in [1.807, 2.05) is 36.4 Å². The highest BCUT2D eigenvalue weighted by Crippen LogP contribution is 2.38. The molecule has 3 N–H and O–H groups in total. The van der Waals surface area contributed by atoms with Crippen LogP contribution in [0.5, 0.6) is 0 Å². The minimum Gasteiger partial charge on any atom is -0.365 e. The van der Waals surface area contributed by atoms with E-state index in [0.717, 1.165) is 40.1 Å². The molecule has 0 bridgehead atoms. The Bertz CT molecular complexity index is 1390. The maximum absolute atomic E-state index is 12.9. The molecule has 0 fully saturated rings. The molecule has 0 unspecified atom stereocenters. The predicted octanol–water partition coefficient (Wildman–Crippen LogP) is 3.41. The topological polar surface area (TPSA) is 107 Å². The Hall–Kier alpha value is -3.30. The van der Waals surface area contributed by atoms with Crippen molar-refractivity contribution in [2.75, 3.05) is 5.32 Å². The van der Waals surface area contributed by atoms with Crippen molar-refractivity contribution < 1.29 is 9.59 Å². The number of aryl methyl sites for hydroxylation is 1. The summed E-state index contributed by atoms with van der Waals surface area (Å²) in [7, 11) is 0. The van der Waals surface area contributed by atoms with Crippen molar-refractivity contribution in [3.8, 4) is 10.4 Å². The zero-order valence-corrected chi connectivity index (χ0v) is 18.0. The highest BCUT2D eigenvalue weighted by atomic mass is 32.1. The molecule has 9 heteroatoms. The molecule has 31 heavy (non-hydrogen) atoms. The van der Waals surface area contributed by atoms with Gasteiger partial charge in [0, 0.05) is 9.75 Å². The standard InChI is InChI=1S/C22H18N4O3S2/c23-20(28)18-13-7-4-8-15(13)31-21(18)25-17(27)10-26-11-24-14-9-16(30-19(14)22(26)29)12-5-2-1-3-6-12/h1-3,5-6,9,11H,4,7-8,10H2,(H2,23,28)(H,25,27). The SMILES string of the molecule is NC(=O)c1c(NC(=O)Cn2cnc3cc(-c4ccccc4)sc3c2=O)sc2c1CCC2. The minimum atomic E-state index is -0.540. The Labute approximate surface area is 185 Å². The summed E-state index contributed by atoms with van der Waals surface area (Å²) in [5, 5.41) is 3.24. The lowest BCUT2D eigenvalue weighted by Crippen LogP contribution is -2.28. The number of nitrogens with one attached hydrogen (secondary N) is 1. The summed E-state index contributed by atoms with van der Waals surface area (Å²) in [4.78, 5) is 43.9. The largest absolute Gasteiger partial charge is 0.365 e. The second-order valence-corrected chi connectivity index (χ2v) is 9.50. The normalized spacial score (nSPS) is 12.8. The molecular formula is C22H18N4O3S2. The second kappa shape index (κ2) is 7.75. The molecule has 4 aromatic rings. The third kappa shape index (κ3) is 3.55. The summed E-state index contributed by atoms with van der Waals surface area (Å²) >= 11 is 2.75. The lowest BCUT2D eigenvalue weighted by molar-refractivity contribution is -0.116. The van der Waals surface area contributed by atoms with Crippen LogP contribution in [0.2, 0.25) is 0 Å². The van der Waals surface area contributed by atoms with Crippen LogP contribution in [0.3, 0.4) is 0 Å². The van der Waals surface area contributed by atoms with Gasteiger partial charge in [-0.3, -0.25) is 19.0 Å². The Morgan fingerprint density at radius 1 is 1.16 bits per heavy atom. The fourth-order valence-corrected chi connectivity index (χ4v) is 6.25. The van der Waals surface area contributed by atoms with Crippen LogP contribution in [0, 0.1) is 0 Å². The first kappa shape index (κ1) is 19.7. The van der Waals surface area contributed by atoms with E-state index in [0.29, 0.717) is 20.8 Å². The van der Waals surface area contributed by atoms with E-state index in [-0.39, 0.29) is 12.1 Å². The number of hydrogen-bond donors (Lipinski definition) is 2. The summed E-state index contributed by atoms with van der Waals surface area (Å²) in [6.45, 7) is -0.193. The number of carbonyl (C=O) groups is 2. The van der Waals surface area contributed by atoms with Gasteiger partial charge in [0.2, 0.25) is 5.91 Å². The van der Waals surface area contributed by atoms with Crippen molar-refractivity contribution in [1.82, 2.24) is 9.55 Å². The number of carbonyl (C=O) groups excluding carboxylic acids is 2. The van der Waals surface area contributed by atoms with Gasteiger partial charge in [-0.15, -0.1) is 22.7 Å². The van der Waals surface area contributed by atoms with Gasteiger partial charge >= 0.3 is 0 Å². The van der Waals surface area contributed by atoms with E-state index in [2.05, 4.69) is 10.3 Å². The zero-order chi connectivity index (χ0) is 21.5. The third-order valence-electron chi connectivity index (χ3n) is 5.30. The lowest BCUT2D eigenvalue weighted by Gasteiger charge is -2.07. The van der Waals surface area contributed by atoms with Gasteiger partial charge in [-0.25, -0.2) is 4.98 Å². The van der Waals surface area contributed by atoms with Gasteiger partial charge in [0.15, 0.2) is 0 Å². The summed E-state index contributed by atoms with van der Waals surface area (Å²) in [5.74, 6) is -0.938. The van der Waals surface area contributed by atoms with Gasteiger partial charge in [-0.2, -0.15) is 0 Å². The number of benzene rings is 1. The number of aromatic nitrogens is 2. The molecule has 3 aromatic heterocycles. The number of amides is 2. The van der Waals surface area contributed by atoms with Gasteiger partial charge in [0.05, 0.1) is 17.4 Å². The molecule has 0 aliphatic heterocycles. The minimum absolute atomic E-state index is 0.193. The van der Waals surface area contributed by atoms with Crippen molar-refractivity contribution in [2.24, 2.45) is 5.73 Å². The van der Waals surface area contributed by atoms with Crippen LogP contribution in [0.4, 0.5) is 5.00 Å². The van der Waals surface area contributed by atoms with Gasteiger partial charge in [-0.05, 0) is 36.5 Å². The van der Waals surface area contributed by atoms with Crippen LogP contribution in [0.25, 0.3) is 20.7 Å². The molecule has 3 heterocycles. The molecule has 0 saturated carbocycles. The molecule has 5 rings (SSSR count). The Morgan fingerprint density at radius 3 is 2.74 bits per heavy atom. The van der Waals surface area contributed by atoms with Gasteiger partial charge < -0.3 is 11.1 Å². The van der Waals surface area contributed by atoms with Crippen LogP contribution in [-0.4, -0.2) is 21.4 Å². The molecule has 1 aliphatic rings. The van der Waals surface area contributed by atoms with Crippen molar-refractivity contribution in [3.05, 3.63) is 69.1 Å². The number of fused-ring (bicyclic) bond motifs is 2. The first-order chi connectivity index (χ1) is 15.0. The van der Waals surface area contributed by atoms with Crippen LogP contribution in [0.1, 0.15) is 27.2 Å². The number of rotatable bonds is 5. The quantitative estimate of drug-likeness (QED) is 0.486. The fraction of sp³-hybridized carbons (Fsp3) is 0.182. The van der Waals surface area contributed by atoms with Crippen LogP contribution in [-0.2, 0) is 24.2 Å². The first-order valence-electron chi connectivity index (χ1n) is 9.80. The van der Waals surface area contributed by atoms with Crippen LogP contribution >= 0.6 is 22.7 Å². The summed E-state index contributed by atoms with van der Waals surface area (Å²) < 4.78 is 1.79. The second-order valence-electron chi connectivity index (χ2n) is 7.34. The van der Waals surface area contributed by atoms with E-state index >= 15 is 0 Å². The molecule has 0 atom stereocenters. The molecule has 1 aromatic carbocycles. The Morgan fingerprint density at radius 2 is 1.97 bits per heavy atom. The Kier molecular flexibility index (Phi) is 4.91. The van der Waals surface area contributed by atoms with E-state index in [1.165, 1.54) is 33.6 Å². The molecule has 1 aliphatic carbocycles. The van der Waals surface area contributed by atoms with Gasteiger partial charge in [0.1, 0.15) is 16.2 Å². The number of anilines is 1. The summed E-state index contributed by atoms with van der Waals surface area (Å²) in [6.07, 6.45) is 4.05. The summed E-state index contributed by atoms with van der Waals surface area (Å²) in [5.41, 5.74) is 8.25. The predicted molar refractivity (Wildman–Crippen MR) is 123 cm³/mol. The molecule has 7 nitrogen and oxygen atoms in total. The van der Waals surface area contributed by atoms with Crippen molar-refractivity contribution in [1.29, 1.82) is 0 Å². The number of primary amides is 1. The highest BCUT2D eigenvalue weighted by Gasteiger charge is 2.26. The average molecular weight is 451 g/mol. The molecule has 0 spiro atoms. The van der Waals surface area contributed by atoms with Crippen molar-refractivity contribution in [3.63, 3.8) is 0 Å². The number of nitrogens with two attached hydrogens (primary N) is 1. The van der Waals surface area contributed by atoms with Crippen LogP contribution in [0.15, 0.2) is 47.5 Å². The smallest absolute Gasteiger partial charge is 0.271 e. The highest BCUT2D eigenvalue weighted by molar-refractivity contribution is 7.22. The molecule has 0 radical (unpaired) electrons. The first-order valence-corrected chi connectivity index (χ1v) is 11.4. The molecule has 0 saturated heterocycles. The molecular weight excluding hydrogens is 432 g/mol. The van der Waals surface area contributed by atoms with E-state index in [4.69, 9.17) is 5.73 Å². The van der Waals surface area contributed by atoms with E-state index in [9.17, 15) is 14.4 Å². The van der Waals surface area contributed by atoms with E-state index < -0.39 is 11.8 Å². The third-order valence-corrected chi connectivity index (χ3v) is 7.67. The van der Waals surface area contributed by atoms with Crippen LogP contribution < -0.4 is 16.6 Å². The summed E-state index contributed by atoms with van der Waals surface area (Å²) in [6, 6.07) is 11.7. The van der Waals surface area contributed by atoms with E-state index in [1.54, 1.807) is 0 Å². The number of thiophene rings is 2. The maximum Gasteiger partial charge on any atom is 0.271 e. The fourth-order valence-electron chi connectivity index (χ4n) is 3.88. The zero-order valence-electron chi connectivity index (χ0n) is 16.4. The van der Waals surface area contributed by atoms with Gasteiger partial charge in [0.25, 0.3) is 11.5 Å².